The molecule has 0 aliphatic carbocycles. The number of nitrogens with zero attached hydrogens (tertiary/aromatic N) is 3. The third-order valence-corrected chi connectivity index (χ3v) is 4.37. The molecule has 0 saturated carbocycles. The second kappa shape index (κ2) is 4.44. The highest BCUT2D eigenvalue weighted by atomic mass is 32.2. The number of carbonyl (C=O) groups is 1. The molecule has 11 heteroatoms. The second-order valence-electron chi connectivity index (χ2n) is 4.95. The molecule has 0 radical (unpaired) electrons. The van der Waals surface area contributed by atoms with Gasteiger partial charge in [0, 0.05) is 13.3 Å². The summed E-state index contributed by atoms with van der Waals surface area (Å²) < 4.78 is 61.6. The fraction of sp³-hybridized carbons (Fsp3) is 0.600. The monoisotopic (exact) mass is 327 g/mol. The van der Waals surface area contributed by atoms with Crippen LogP contribution in [0.25, 0.3) is 0 Å². The zero-order valence-corrected chi connectivity index (χ0v) is 11.9. The number of carbonyl (C=O) groups excluding carboxylic acids is 1. The molecule has 1 amide bonds. The molecule has 1 aliphatic rings. The summed E-state index contributed by atoms with van der Waals surface area (Å²) in [6.07, 6.45) is -3.01. The van der Waals surface area contributed by atoms with Gasteiger partial charge in [-0.15, -0.1) is 0 Å². The third-order valence-electron chi connectivity index (χ3n) is 3.19. The molecular weight excluding hydrogens is 315 g/mol. The van der Waals surface area contributed by atoms with Crippen molar-refractivity contribution in [1.29, 1.82) is 0 Å². The van der Waals surface area contributed by atoms with Crippen molar-refractivity contribution < 1.29 is 31.5 Å². The summed E-state index contributed by atoms with van der Waals surface area (Å²) in [7, 11) is -2.47. The molecule has 1 aliphatic heterocycles. The molecule has 21 heavy (non-hydrogen) atoms. The maximum Gasteiger partial charge on any atom is 0.420 e. The van der Waals surface area contributed by atoms with Gasteiger partial charge < -0.3 is 10.0 Å². The summed E-state index contributed by atoms with van der Waals surface area (Å²) in [5, 5.41) is 12.5. The normalized spacial score (nSPS) is 18.5. The van der Waals surface area contributed by atoms with Gasteiger partial charge in [0.15, 0.2) is 20.5 Å². The summed E-state index contributed by atoms with van der Waals surface area (Å²) in [6, 6.07) is 0. The van der Waals surface area contributed by atoms with Crippen LogP contribution < -0.4 is 0 Å². The van der Waals surface area contributed by atoms with Crippen molar-refractivity contribution in [3.63, 3.8) is 0 Å². The van der Waals surface area contributed by atoms with Crippen molar-refractivity contribution >= 4 is 15.7 Å². The molecule has 1 aromatic heterocycles. The molecule has 0 atom stereocenters. The molecule has 1 fully saturated rings. The molecule has 118 valence electrons. The Morgan fingerprint density at radius 3 is 2.38 bits per heavy atom. The lowest BCUT2D eigenvalue weighted by atomic mass is 9.93. The number of aromatic nitrogens is 2. The topological polar surface area (TPSA) is 92.5 Å². The largest absolute Gasteiger partial charge is 0.420 e. The SMILES string of the molecule is Cn1ncc(C(=O)N2CC(O)(C(F)(F)F)C2)c1S(C)(=O)=O. The van der Waals surface area contributed by atoms with Crippen LogP contribution in [0.3, 0.4) is 0 Å². The predicted octanol–water partition coefficient (Wildman–Crippen LogP) is -0.427. The van der Waals surface area contributed by atoms with Gasteiger partial charge in [-0.05, 0) is 0 Å². The van der Waals surface area contributed by atoms with E-state index in [2.05, 4.69) is 5.10 Å². The molecule has 2 rings (SSSR count). The van der Waals surface area contributed by atoms with Crippen LogP contribution in [0.1, 0.15) is 10.4 Å². The zero-order valence-electron chi connectivity index (χ0n) is 11.0. The first-order chi connectivity index (χ1) is 9.37. The van der Waals surface area contributed by atoms with E-state index >= 15 is 0 Å². The highest BCUT2D eigenvalue weighted by molar-refractivity contribution is 7.90. The lowest BCUT2D eigenvalue weighted by Gasteiger charge is -2.46. The Morgan fingerprint density at radius 2 is 1.95 bits per heavy atom. The van der Waals surface area contributed by atoms with Crippen molar-refractivity contribution in [3.05, 3.63) is 11.8 Å². The van der Waals surface area contributed by atoms with Gasteiger partial charge in [-0.2, -0.15) is 18.3 Å². The Morgan fingerprint density at radius 1 is 1.43 bits per heavy atom. The van der Waals surface area contributed by atoms with Gasteiger partial charge in [-0.25, -0.2) is 8.42 Å². The van der Waals surface area contributed by atoms with Gasteiger partial charge in [0.25, 0.3) is 5.91 Å². The Balaban J connectivity index is 2.26. The molecule has 0 aromatic carbocycles. The van der Waals surface area contributed by atoms with Gasteiger partial charge in [0.2, 0.25) is 0 Å². The molecule has 0 spiro atoms. The Hall–Kier alpha value is -1.62. The van der Waals surface area contributed by atoms with Gasteiger partial charge >= 0.3 is 6.18 Å². The first kappa shape index (κ1) is 15.8. The number of halogens is 3. The lowest BCUT2D eigenvalue weighted by Crippen LogP contribution is -2.70. The van der Waals surface area contributed by atoms with E-state index in [0.29, 0.717) is 0 Å². The van der Waals surface area contributed by atoms with Gasteiger partial charge in [-0.3, -0.25) is 9.48 Å². The minimum absolute atomic E-state index is 0.316. The highest BCUT2D eigenvalue weighted by Crippen LogP contribution is 2.38. The van der Waals surface area contributed by atoms with Gasteiger partial charge in [0.05, 0.1) is 24.8 Å². The minimum Gasteiger partial charge on any atom is -0.378 e. The Kier molecular flexibility index (Phi) is 3.33. The second-order valence-corrected chi connectivity index (χ2v) is 6.88. The molecule has 1 N–H and O–H groups in total. The highest BCUT2D eigenvalue weighted by Gasteiger charge is 2.62. The number of likely N-dealkylation sites (tertiary alicyclic amines) is 1. The predicted molar refractivity (Wildman–Crippen MR) is 63.2 cm³/mol. The fourth-order valence-electron chi connectivity index (χ4n) is 2.09. The summed E-state index contributed by atoms with van der Waals surface area (Å²) >= 11 is 0. The van der Waals surface area contributed by atoms with Crippen LogP contribution in [0, 0.1) is 0 Å². The molecule has 0 unspecified atom stereocenters. The van der Waals surface area contributed by atoms with Crippen molar-refractivity contribution in [2.75, 3.05) is 19.3 Å². The van der Waals surface area contributed by atoms with E-state index in [1.54, 1.807) is 0 Å². The zero-order chi connectivity index (χ0) is 16.2. The van der Waals surface area contributed by atoms with E-state index in [1.165, 1.54) is 7.05 Å². The van der Waals surface area contributed by atoms with Crippen molar-refractivity contribution in [3.8, 4) is 0 Å². The molecular formula is C10H12F3N3O4S. The number of hydrogen-bond acceptors (Lipinski definition) is 5. The van der Waals surface area contributed by atoms with E-state index in [1.807, 2.05) is 0 Å². The summed E-state index contributed by atoms with van der Waals surface area (Å²) in [5.74, 6) is -0.919. The Labute approximate surface area is 117 Å². The molecule has 7 nitrogen and oxygen atoms in total. The van der Waals surface area contributed by atoms with Crippen molar-refractivity contribution in [1.82, 2.24) is 14.7 Å². The first-order valence-electron chi connectivity index (χ1n) is 5.67. The number of alkyl halides is 3. The van der Waals surface area contributed by atoms with E-state index < -0.39 is 40.6 Å². The van der Waals surface area contributed by atoms with E-state index in [9.17, 15) is 31.5 Å². The van der Waals surface area contributed by atoms with Crippen molar-refractivity contribution in [2.24, 2.45) is 7.05 Å². The third kappa shape index (κ3) is 2.50. The van der Waals surface area contributed by atoms with E-state index in [4.69, 9.17) is 0 Å². The first-order valence-corrected chi connectivity index (χ1v) is 7.56. The number of amides is 1. The molecule has 0 bridgehead atoms. The van der Waals surface area contributed by atoms with Crippen LogP contribution in [0.15, 0.2) is 11.2 Å². The van der Waals surface area contributed by atoms with Crippen molar-refractivity contribution in [2.45, 2.75) is 16.8 Å². The number of hydrogen-bond donors (Lipinski definition) is 1. The van der Waals surface area contributed by atoms with Crippen LogP contribution in [0.5, 0.6) is 0 Å². The fourth-order valence-corrected chi connectivity index (χ4v) is 3.16. The smallest absolute Gasteiger partial charge is 0.378 e. The van der Waals surface area contributed by atoms with Crippen LogP contribution in [0.4, 0.5) is 13.2 Å². The standard InChI is InChI=1S/C10H12F3N3O4S/c1-15-8(21(2,19)20)6(3-14-15)7(17)16-4-9(18,5-16)10(11,12)13/h3,18H,4-5H2,1-2H3. The van der Waals surface area contributed by atoms with Gasteiger partial charge in [0.1, 0.15) is 0 Å². The average molecular weight is 327 g/mol. The van der Waals surface area contributed by atoms with Crippen LogP contribution in [0.2, 0.25) is 0 Å². The van der Waals surface area contributed by atoms with Gasteiger partial charge in [-0.1, -0.05) is 0 Å². The molecule has 1 aromatic rings. The number of sulfone groups is 1. The number of aliphatic hydroxyl groups is 1. The number of aryl methyl sites for hydroxylation is 1. The minimum atomic E-state index is -4.85. The quantitative estimate of drug-likeness (QED) is 0.796. The Bertz CT molecular complexity index is 689. The number of β-amino-alcohol motifs (C(OH)–C–C–N with tert-alkyl or cyclic N) is 1. The lowest BCUT2D eigenvalue weighted by molar-refractivity contribution is -0.294. The number of rotatable bonds is 2. The van der Waals surface area contributed by atoms with E-state index in [0.717, 1.165) is 22.0 Å². The average Bonchev–Trinajstić information content (AvgIpc) is 2.64. The summed E-state index contributed by atoms with van der Waals surface area (Å²) in [5.41, 5.74) is -3.26. The van der Waals surface area contributed by atoms with E-state index in [-0.39, 0.29) is 10.6 Å². The van der Waals surface area contributed by atoms with Crippen LogP contribution in [-0.2, 0) is 16.9 Å². The van der Waals surface area contributed by atoms with Crippen LogP contribution in [-0.4, -0.2) is 65.2 Å². The maximum atomic E-state index is 12.5. The molecule has 1 saturated heterocycles. The summed E-state index contributed by atoms with van der Waals surface area (Å²) in [6.45, 7) is -1.87. The van der Waals surface area contributed by atoms with Crippen LogP contribution >= 0.6 is 0 Å². The molecule has 2 heterocycles. The maximum absolute atomic E-state index is 12.5. The summed E-state index contributed by atoms with van der Waals surface area (Å²) in [4.78, 5) is 12.8.